The Labute approximate surface area is 212 Å². The van der Waals surface area contributed by atoms with E-state index >= 15 is 0 Å². The van der Waals surface area contributed by atoms with Crippen LogP contribution in [0.5, 0.6) is 11.5 Å². The van der Waals surface area contributed by atoms with E-state index in [1.54, 1.807) is 38.1 Å². The molecule has 10 nitrogen and oxygen atoms in total. The summed E-state index contributed by atoms with van der Waals surface area (Å²) >= 11 is 7.54. The highest BCUT2D eigenvalue weighted by molar-refractivity contribution is 7.07. The molecule has 0 amide bonds. The summed E-state index contributed by atoms with van der Waals surface area (Å²) in [5.74, 6) is -0.00731. The Morgan fingerprint density at radius 2 is 2.06 bits per heavy atom. The molecule has 12 heteroatoms. The summed E-state index contributed by atoms with van der Waals surface area (Å²) in [5, 5.41) is 12.1. The summed E-state index contributed by atoms with van der Waals surface area (Å²) in [6.07, 6.45) is 1.41. The van der Waals surface area contributed by atoms with Crippen molar-refractivity contribution in [3.63, 3.8) is 0 Å². The Hall–Kier alpha value is -3.96. The highest BCUT2D eigenvalue weighted by Crippen LogP contribution is 2.38. The van der Waals surface area contributed by atoms with Crippen LogP contribution >= 0.6 is 22.9 Å². The molecule has 2 aliphatic rings. The van der Waals surface area contributed by atoms with Gasteiger partial charge in [0.2, 0.25) is 6.79 Å². The lowest BCUT2D eigenvalue weighted by molar-refractivity contribution is -0.385. The standard InChI is InChI=1S/C24H18ClN3O7S/c1-3-33-23(30)20-12(2)26-24-27(21(20)14-6-4-5-7-15(14)25)22(29)19(36-24)9-13-8-17-18(35-11-34-17)10-16(13)28(31)32/h4-10,21H,3,11H2,1-2H3. The molecule has 0 saturated heterocycles. The van der Waals surface area contributed by atoms with Crippen LogP contribution in [0.25, 0.3) is 6.08 Å². The highest BCUT2D eigenvalue weighted by Gasteiger charge is 2.34. The van der Waals surface area contributed by atoms with Crippen molar-refractivity contribution in [3.05, 3.63) is 93.6 Å². The predicted octanol–water partition coefficient (Wildman–Crippen LogP) is 3.09. The van der Waals surface area contributed by atoms with Crippen molar-refractivity contribution in [1.82, 2.24) is 4.57 Å². The van der Waals surface area contributed by atoms with Crippen LogP contribution in [-0.4, -0.2) is 28.9 Å². The van der Waals surface area contributed by atoms with E-state index in [4.69, 9.17) is 25.8 Å². The van der Waals surface area contributed by atoms with Crippen LogP contribution in [0.2, 0.25) is 5.02 Å². The van der Waals surface area contributed by atoms with Crippen LogP contribution in [-0.2, 0) is 9.53 Å². The number of carbonyl (C=O) groups is 1. The summed E-state index contributed by atoms with van der Waals surface area (Å²) in [6, 6.07) is 8.73. The van der Waals surface area contributed by atoms with Gasteiger partial charge in [-0.2, -0.15) is 0 Å². The molecule has 0 aliphatic carbocycles. The topological polar surface area (TPSA) is 122 Å². The van der Waals surface area contributed by atoms with Crippen molar-refractivity contribution < 1.29 is 23.9 Å². The van der Waals surface area contributed by atoms with Crippen LogP contribution in [0.1, 0.15) is 31.0 Å². The molecule has 3 aromatic rings. The first-order valence-electron chi connectivity index (χ1n) is 10.8. The largest absolute Gasteiger partial charge is 0.463 e. The molecule has 0 N–H and O–H groups in total. The molecule has 0 fully saturated rings. The molecular formula is C24H18ClN3O7S. The minimum absolute atomic E-state index is 0.0497. The smallest absolute Gasteiger partial charge is 0.338 e. The van der Waals surface area contributed by atoms with Gasteiger partial charge in [-0.15, -0.1) is 0 Å². The van der Waals surface area contributed by atoms with Gasteiger partial charge in [0.15, 0.2) is 16.3 Å². The summed E-state index contributed by atoms with van der Waals surface area (Å²) in [4.78, 5) is 42.6. The van der Waals surface area contributed by atoms with Gasteiger partial charge in [-0.25, -0.2) is 9.79 Å². The normalized spacial score (nSPS) is 16.5. The zero-order valence-electron chi connectivity index (χ0n) is 19.0. The fourth-order valence-corrected chi connectivity index (χ4v) is 5.42. The Bertz CT molecular complexity index is 1640. The van der Waals surface area contributed by atoms with Gasteiger partial charge in [0.1, 0.15) is 6.04 Å². The van der Waals surface area contributed by atoms with E-state index in [0.717, 1.165) is 11.3 Å². The molecule has 36 heavy (non-hydrogen) atoms. The molecule has 1 atom stereocenters. The number of halogens is 1. The lowest BCUT2D eigenvalue weighted by atomic mass is 9.96. The number of carbonyl (C=O) groups excluding carboxylic acids is 1. The van der Waals surface area contributed by atoms with Gasteiger partial charge >= 0.3 is 5.97 Å². The number of ether oxygens (including phenoxy) is 3. The Kier molecular flexibility index (Phi) is 6.10. The monoisotopic (exact) mass is 527 g/mol. The number of nitrogens with zero attached hydrogens (tertiary/aromatic N) is 3. The third-order valence-electron chi connectivity index (χ3n) is 5.72. The molecule has 184 valence electrons. The first-order valence-corrected chi connectivity index (χ1v) is 12.0. The first-order chi connectivity index (χ1) is 17.3. The molecule has 1 aromatic heterocycles. The number of benzene rings is 2. The van der Waals surface area contributed by atoms with Crippen LogP contribution in [0.3, 0.4) is 0 Å². The van der Waals surface area contributed by atoms with Crippen molar-refractivity contribution in [3.8, 4) is 11.5 Å². The zero-order valence-corrected chi connectivity index (χ0v) is 20.6. The van der Waals surface area contributed by atoms with Crippen LogP contribution in [0.15, 0.2) is 57.5 Å². The maximum atomic E-state index is 13.7. The number of rotatable bonds is 5. The molecule has 0 bridgehead atoms. The van der Waals surface area contributed by atoms with Gasteiger partial charge < -0.3 is 14.2 Å². The van der Waals surface area contributed by atoms with E-state index in [0.29, 0.717) is 26.8 Å². The summed E-state index contributed by atoms with van der Waals surface area (Å²) in [7, 11) is 0. The molecule has 3 heterocycles. The molecule has 0 spiro atoms. The van der Waals surface area contributed by atoms with Crippen molar-refractivity contribution in [2.75, 3.05) is 13.4 Å². The predicted molar refractivity (Wildman–Crippen MR) is 131 cm³/mol. The number of fused-ring (bicyclic) bond motifs is 2. The van der Waals surface area contributed by atoms with E-state index in [1.165, 1.54) is 22.8 Å². The number of nitro groups is 1. The van der Waals surface area contributed by atoms with E-state index in [2.05, 4.69) is 4.99 Å². The van der Waals surface area contributed by atoms with Crippen LogP contribution in [0, 0.1) is 10.1 Å². The number of hydrogen-bond donors (Lipinski definition) is 0. The molecule has 0 radical (unpaired) electrons. The number of esters is 1. The van der Waals surface area contributed by atoms with E-state index < -0.39 is 22.5 Å². The van der Waals surface area contributed by atoms with E-state index in [9.17, 15) is 19.7 Å². The number of hydrogen-bond acceptors (Lipinski definition) is 9. The zero-order chi connectivity index (χ0) is 25.6. The minimum atomic E-state index is -0.886. The average Bonchev–Trinajstić information content (AvgIpc) is 3.42. The molecule has 0 saturated carbocycles. The SMILES string of the molecule is CCOC(=O)C1=C(C)N=c2sc(=Cc3cc4c(cc3[N+](=O)[O-])OCO4)c(=O)n2C1c1ccccc1Cl. The first kappa shape index (κ1) is 23.8. The van der Waals surface area contributed by atoms with Gasteiger partial charge in [-0.1, -0.05) is 41.1 Å². The fourth-order valence-electron chi connectivity index (χ4n) is 4.14. The summed E-state index contributed by atoms with van der Waals surface area (Å²) in [6.45, 7) is 3.44. The molecule has 2 aromatic carbocycles. The number of thiazole rings is 1. The lowest BCUT2D eigenvalue weighted by Crippen LogP contribution is -2.40. The van der Waals surface area contributed by atoms with Crippen molar-refractivity contribution in [2.45, 2.75) is 19.9 Å². The maximum Gasteiger partial charge on any atom is 0.338 e. The summed E-state index contributed by atoms with van der Waals surface area (Å²) in [5.41, 5.74) is 0.558. The Morgan fingerprint density at radius 1 is 1.33 bits per heavy atom. The number of allylic oxidation sites excluding steroid dienone is 1. The third kappa shape index (κ3) is 3.95. The minimum Gasteiger partial charge on any atom is -0.463 e. The molecule has 2 aliphatic heterocycles. The quantitative estimate of drug-likeness (QED) is 0.284. The Balaban J connectivity index is 1.75. The number of nitro benzene ring substituents is 1. The van der Waals surface area contributed by atoms with E-state index in [-0.39, 0.29) is 40.5 Å². The molecule has 5 rings (SSSR count). The highest BCUT2D eigenvalue weighted by atomic mass is 35.5. The Morgan fingerprint density at radius 3 is 2.75 bits per heavy atom. The fraction of sp³-hybridized carbons (Fsp3) is 0.208. The molecule has 1 unspecified atom stereocenters. The van der Waals surface area contributed by atoms with E-state index in [1.807, 2.05) is 0 Å². The maximum absolute atomic E-state index is 13.7. The third-order valence-corrected chi connectivity index (χ3v) is 7.05. The second kappa shape index (κ2) is 9.25. The van der Waals surface area contributed by atoms with Crippen LogP contribution < -0.4 is 24.4 Å². The van der Waals surface area contributed by atoms with Gasteiger partial charge in [0, 0.05) is 5.02 Å². The second-order valence-electron chi connectivity index (χ2n) is 7.85. The lowest BCUT2D eigenvalue weighted by Gasteiger charge is -2.25. The van der Waals surface area contributed by atoms with Gasteiger partial charge in [-0.3, -0.25) is 19.5 Å². The van der Waals surface area contributed by atoms with Gasteiger partial charge in [0.25, 0.3) is 11.2 Å². The van der Waals surface area contributed by atoms with Gasteiger partial charge in [0.05, 0.1) is 39.0 Å². The second-order valence-corrected chi connectivity index (χ2v) is 9.26. The molecular weight excluding hydrogens is 510 g/mol. The van der Waals surface area contributed by atoms with Crippen molar-refractivity contribution >= 4 is 40.7 Å². The van der Waals surface area contributed by atoms with Gasteiger partial charge in [-0.05, 0) is 37.6 Å². The van der Waals surface area contributed by atoms with Crippen molar-refractivity contribution in [2.24, 2.45) is 4.99 Å². The summed E-state index contributed by atoms with van der Waals surface area (Å²) < 4.78 is 17.4. The van der Waals surface area contributed by atoms with Crippen LogP contribution in [0.4, 0.5) is 5.69 Å². The van der Waals surface area contributed by atoms with Crippen molar-refractivity contribution in [1.29, 1.82) is 0 Å². The average molecular weight is 528 g/mol. The number of aromatic nitrogens is 1.